The van der Waals surface area contributed by atoms with E-state index in [2.05, 4.69) is 13.8 Å². The Hall–Kier alpha value is -0.510. The predicted octanol–water partition coefficient (Wildman–Crippen LogP) is 2.84. The Morgan fingerprint density at radius 1 is 0.957 bits per heavy atom. The van der Waals surface area contributed by atoms with Crippen LogP contribution in [-0.2, 0) is 0 Å². The molecule has 0 aliphatic carbocycles. The van der Waals surface area contributed by atoms with Gasteiger partial charge < -0.3 is 17.1 Å². The molecule has 0 atom stereocenters. The molecule has 1 rings (SSSR count). The van der Waals surface area contributed by atoms with Crippen molar-refractivity contribution < 1.29 is 44.6 Å². The number of carboxylic acid groups (broad SMARTS) is 1. The van der Waals surface area contributed by atoms with E-state index in [9.17, 15) is 4.79 Å². The standard InChI is InChI=1S/C12H25.C7H6O3.Na/c1-3-5-7-9-11-12-10-8-6-4-2;8-6-4-2-1-3-5(6)7(9)10;/h1,3-12H2,2H3;1-4,8H,(H,9,10);/q-1;;+1. The molecule has 3 nitrogen and oxygen atoms in total. The van der Waals surface area contributed by atoms with Crippen LogP contribution in [0.2, 0.25) is 0 Å². The second-order valence-electron chi connectivity index (χ2n) is 5.50. The quantitative estimate of drug-likeness (QED) is 0.394. The van der Waals surface area contributed by atoms with Gasteiger partial charge in [-0.3, -0.25) is 0 Å². The van der Waals surface area contributed by atoms with Crippen molar-refractivity contribution >= 4 is 5.97 Å². The first-order valence-corrected chi connectivity index (χ1v) is 8.44. The van der Waals surface area contributed by atoms with Crippen molar-refractivity contribution in [2.75, 3.05) is 0 Å². The molecule has 1 aromatic carbocycles. The Morgan fingerprint density at radius 2 is 1.43 bits per heavy atom. The number of aromatic hydroxyl groups is 1. The molecular formula is C19H31NaO3. The molecule has 23 heavy (non-hydrogen) atoms. The monoisotopic (exact) mass is 330 g/mol. The second-order valence-corrected chi connectivity index (χ2v) is 5.50. The molecule has 0 aliphatic heterocycles. The number of rotatable bonds is 10. The van der Waals surface area contributed by atoms with E-state index in [1.165, 1.54) is 69.9 Å². The summed E-state index contributed by atoms with van der Waals surface area (Å²) in [5.74, 6) is -1.31. The van der Waals surface area contributed by atoms with Gasteiger partial charge in [-0.1, -0.05) is 76.8 Å². The Morgan fingerprint density at radius 3 is 1.83 bits per heavy atom. The second kappa shape index (κ2) is 17.8. The molecule has 1 aromatic rings. The molecule has 0 spiro atoms. The topological polar surface area (TPSA) is 57.5 Å². The first-order chi connectivity index (χ1) is 10.6. The van der Waals surface area contributed by atoms with Crippen LogP contribution in [0.5, 0.6) is 5.75 Å². The van der Waals surface area contributed by atoms with Crippen molar-refractivity contribution in [3.8, 4) is 5.75 Å². The van der Waals surface area contributed by atoms with E-state index in [0.717, 1.165) is 6.42 Å². The van der Waals surface area contributed by atoms with Crippen LogP contribution >= 0.6 is 0 Å². The van der Waals surface area contributed by atoms with Gasteiger partial charge in [-0.05, 0) is 12.1 Å². The molecule has 4 heteroatoms. The summed E-state index contributed by atoms with van der Waals surface area (Å²) >= 11 is 0. The molecule has 0 bridgehead atoms. The minimum absolute atomic E-state index is 0. The summed E-state index contributed by atoms with van der Waals surface area (Å²) in [5, 5.41) is 17.3. The number of carbonyl (C=O) groups is 1. The molecule has 0 fully saturated rings. The fourth-order valence-electron chi connectivity index (χ4n) is 2.14. The van der Waals surface area contributed by atoms with Crippen LogP contribution in [0.1, 0.15) is 81.5 Å². The minimum Gasteiger partial charge on any atom is -0.507 e. The average Bonchev–Trinajstić information content (AvgIpc) is 2.51. The van der Waals surface area contributed by atoms with Crippen LogP contribution in [0, 0.1) is 6.92 Å². The van der Waals surface area contributed by atoms with Crippen molar-refractivity contribution in [3.05, 3.63) is 36.8 Å². The van der Waals surface area contributed by atoms with Crippen LogP contribution in [0.4, 0.5) is 0 Å². The van der Waals surface area contributed by atoms with Gasteiger partial charge in [0.1, 0.15) is 11.3 Å². The molecule has 0 aromatic heterocycles. The summed E-state index contributed by atoms with van der Waals surface area (Å²) < 4.78 is 0. The molecule has 126 valence electrons. The number of hydrogen-bond acceptors (Lipinski definition) is 2. The zero-order valence-corrected chi connectivity index (χ0v) is 16.9. The molecule has 0 saturated carbocycles. The third-order valence-corrected chi connectivity index (χ3v) is 3.49. The van der Waals surface area contributed by atoms with Crippen LogP contribution in [0.15, 0.2) is 24.3 Å². The van der Waals surface area contributed by atoms with E-state index in [4.69, 9.17) is 10.2 Å². The van der Waals surface area contributed by atoms with E-state index >= 15 is 0 Å². The molecule has 0 amide bonds. The van der Waals surface area contributed by atoms with Crippen LogP contribution < -0.4 is 29.6 Å². The largest absolute Gasteiger partial charge is 1.00 e. The Kier molecular flexibility index (Phi) is 19.2. The summed E-state index contributed by atoms with van der Waals surface area (Å²) in [4.78, 5) is 10.3. The van der Waals surface area contributed by atoms with E-state index in [1.54, 1.807) is 12.1 Å². The molecule has 0 heterocycles. The van der Waals surface area contributed by atoms with Crippen molar-refractivity contribution in [2.45, 2.75) is 71.1 Å². The SMILES string of the molecule is O=C(O)c1ccccc1O.[CH2-]CCCCCCCCCCC.[Na+]. The molecule has 0 radical (unpaired) electrons. The first-order valence-electron chi connectivity index (χ1n) is 8.44. The number of benzene rings is 1. The smallest absolute Gasteiger partial charge is 0.507 e. The number of unbranched alkanes of at least 4 members (excludes halogenated alkanes) is 9. The van der Waals surface area contributed by atoms with Crippen molar-refractivity contribution in [2.24, 2.45) is 0 Å². The Bertz CT molecular complexity index is 384. The van der Waals surface area contributed by atoms with E-state index < -0.39 is 5.97 Å². The fourth-order valence-corrected chi connectivity index (χ4v) is 2.14. The molecular weight excluding hydrogens is 299 g/mol. The summed E-state index contributed by atoms with van der Waals surface area (Å²) in [7, 11) is 0. The van der Waals surface area contributed by atoms with Gasteiger partial charge in [0.05, 0.1) is 0 Å². The van der Waals surface area contributed by atoms with E-state index in [-0.39, 0.29) is 40.9 Å². The number of hydrogen-bond donors (Lipinski definition) is 2. The van der Waals surface area contributed by atoms with Gasteiger partial charge in [-0.2, -0.15) is 6.42 Å². The maximum atomic E-state index is 10.3. The van der Waals surface area contributed by atoms with Gasteiger partial charge in [-0.25, -0.2) is 4.79 Å². The third kappa shape index (κ3) is 14.8. The molecule has 2 N–H and O–H groups in total. The Balaban J connectivity index is 0. The summed E-state index contributed by atoms with van der Waals surface area (Å²) in [5.41, 5.74) is -0.0671. The normalized spacial score (nSPS) is 9.48. The van der Waals surface area contributed by atoms with Crippen molar-refractivity contribution in [3.63, 3.8) is 0 Å². The van der Waals surface area contributed by atoms with Gasteiger partial charge in [-0.15, -0.1) is 0 Å². The Labute approximate surface area is 163 Å². The van der Waals surface area contributed by atoms with E-state index in [0.29, 0.717) is 0 Å². The third-order valence-electron chi connectivity index (χ3n) is 3.49. The van der Waals surface area contributed by atoms with Gasteiger partial charge >= 0.3 is 35.5 Å². The molecule has 0 unspecified atom stereocenters. The van der Waals surface area contributed by atoms with Crippen molar-refractivity contribution in [1.29, 1.82) is 0 Å². The van der Waals surface area contributed by atoms with Crippen molar-refractivity contribution in [1.82, 2.24) is 0 Å². The van der Waals surface area contributed by atoms with Crippen LogP contribution in [0.25, 0.3) is 0 Å². The van der Waals surface area contributed by atoms with Crippen LogP contribution in [0.3, 0.4) is 0 Å². The minimum atomic E-state index is -1.11. The van der Waals surface area contributed by atoms with Gasteiger partial charge in [0.2, 0.25) is 0 Å². The van der Waals surface area contributed by atoms with Gasteiger partial charge in [0.25, 0.3) is 0 Å². The number of phenols is 1. The van der Waals surface area contributed by atoms with E-state index in [1.807, 2.05) is 0 Å². The fraction of sp³-hybridized carbons (Fsp3) is 0.579. The van der Waals surface area contributed by atoms with Gasteiger partial charge in [0.15, 0.2) is 0 Å². The molecule has 0 aliphatic rings. The summed E-state index contributed by atoms with van der Waals surface area (Å²) in [6.07, 6.45) is 13.9. The average molecular weight is 330 g/mol. The number of para-hydroxylation sites is 1. The predicted molar refractivity (Wildman–Crippen MR) is 92.3 cm³/mol. The van der Waals surface area contributed by atoms with Crippen LogP contribution in [-0.4, -0.2) is 16.2 Å². The maximum Gasteiger partial charge on any atom is 1.00 e. The first kappa shape index (κ1) is 24.7. The summed E-state index contributed by atoms with van der Waals surface area (Å²) in [6, 6.07) is 5.81. The maximum absolute atomic E-state index is 10.3. The number of carboxylic acids is 1. The zero-order valence-electron chi connectivity index (χ0n) is 14.9. The zero-order chi connectivity index (χ0) is 16.6. The summed E-state index contributed by atoms with van der Waals surface area (Å²) in [6.45, 7) is 6.12. The number of aromatic carboxylic acids is 1. The molecule has 0 saturated heterocycles. The van der Waals surface area contributed by atoms with Gasteiger partial charge in [0, 0.05) is 0 Å².